The lowest BCUT2D eigenvalue weighted by Crippen LogP contribution is -2.46. The molecular formula is C11H15Br2N3O3S. The summed E-state index contributed by atoms with van der Waals surface area (Å²) in [6.07, 6.45) is -0.115. The number of primary amides is 1. The van der Waals surface area contributed by atoms with Crippen LogP contribution in [-0.4, -0.2) is 19.9 Å². The molecule has 0 radical (unpaired) electrons. The Hall–Kier alpha value is -0.640. The van der Waals surface area contributed by atoms with Gasteiger partial charge in [0.2, 0.25) is 15.9 Å². The monoisotopic (exact) mass is 427 g/mol. The summed E-state index contributed by atoms with van der Waals surface area (Å²) in [5.41, 5.74) is 10.2. The Balaban J connectivity index is 3.22. The first kappa shape index (κ1) is 17.4. The van der Waals surface area contributed by atoms with Gasteiger partial charge in [-0.1, -0.05) is 0 Å². The van der Waals surface area contributed by atoms with Crippen LogP contribution in [-0.2, 0) is 14.8 Å². The minimum absolute atomic E-state index is 0.0178. The highest BCUT2D eigenvalue weighted by molar-refractivity contribution is 9.11. The molecule has 1 amide bonds. The van der Waals surface area contributed by atoms with Gasteiger partial charge in [0.05, 0.1) is 0 Å². The van der Waals surface area contributed by atoms with Crippen molar-refractivity contribution in [3.63, 3.8) is 0 Å². The molecule has 1 rings (SSSR count). The van der Waals surface area contributed by atoms with Crippen molar-refractivity contribution in [2.24, 2.45) is 5.73 Å². The summed E-state index contributed by atoms with van der Waals surface area (Å²) in [4.78, 5) is 11.0. The molecule has 0 unspecified atom stereocenters. The maximum Gasteiger partial charge on any atom is 0.243 e. The predicted octanol–water partition coefficient (Wildman–Crippen LogP) is 1.73. The molecule has 0 spiro atoms. The van der Waals surface area contributed by atoms with Gasteiger partial charge in [-0.25, -0.2) is 13.1 Å². The lowest BCUT2D eigenvalue weighted by atomic mass is 10.0. The molecule has 1 aromatic rings. The Morgan fingerprint density at radius 2 is 1.75 bits per heavy atom. The van der Waals surface area contributed by atoms with Gasteiger partial charge in [-0.15, -0.1) is 0 Å². The molecule has 6 nitrogen and oxygen atoms in total. The number of hydrogen-bond donors (Lipinski definition) is 3. The van der Waals surface area contributed by atoms with E-state index in [9.17, 15) is 13.2 Å². The molecule has 0 saturated carbocycles. The van der Waals surface area contributed by atoms with E-state index in [4.69, 9.17) is 11.5 Å². The smallest absolute Gasteiger partial charge is 0.243 e. The minimum Gasteiger partial charge on any atom is -0.399 e. The zero-order valence-corrected chi connectivity index (χ0v) is 14.9. The second kappa shape index (κ2) is 6.00. The molecule has 112 valence electrons. The number of nitrogens with one attached hydrogen (secondary N) is 1. The number of hydrogen-bond acceptors (Lipinski definition) is 4. The average molecular weight is 429 g/mol. The van der Waals surface area contributed by atoms with Crippen molar-refractivity contribution in [3.8, 4) is 0 Å². The van der Waals surface area contributed by atoms with E-state index >= 15 is 0 Å². The normalized spacial score (nSPS) is 12.4. The molecule has 0 aliphatic heterocycles. The van der Waals surface area contributed by atoms with Gasteiger partial charge < -0.3 is 11.5 Å². The summed E-state index contributed by atoms with van der Waals surface area (Å²) < 4.78 is 27.9. The molecule has 0 bridgehead atoms. The van der Waals surface area contributed by atoms with Crippen molar-refractivity contribution in [2.45, 2.75) is 30.7 Å². The third kappa shape index (κ3) is 4.44. The highest BCUT2D eigenvalue weighted by Gasteiger charge is 2.30. The first-order valence-electron chi connectivity index (χ1n) is 5.51. The summed E-state index contributed by atoms with van der Waals surface area (Å²) in [5.74, 6) is -0.590. The fourth-order valence-corrected chi connectivity index (χ4v) is 5.76. The Labute approximate surface area is 134 Å². The van der Waals surface area contributed by atoms with Crippen LogP contribution in [0.2, 0.25) is 0 Å². The Morgan fingerprint density at radius 3 is 2.15 bits per heavy atom. The van der Waals surface area contributed by atoms with Crippen molar-refractivity contribution in [2.75, 3.05) is 5.73 Å². The van der Waals surface area contributed by atoms with Gasteiger partial charge in [-0.2, -0.15) is 0 Å². The maximum absolute atomic E-state index is 12.4. The van der Waals surface area contributed by atoms with E-state index in [1.807, 2.05) is 0 Å². The highest BCUT2D eigenvalue weighted by atomic mass is 79.9. The zero-order valence-electron chi connectivity index (χ0n) is 10.9. The Kier molecular flexibility index (Phi) is 5.23. The van der Waals surface area contributed by atoms with Crippen molar-refractivity contribution < 1.29 is 13.2 Å². The number of amides is 1. The number of nitrogens with two attached hydrogens (primary N) is 2. The van der Waals surface area contributed by atoms with E-state index in [2.05, 4.69) is 36.6 Å². The van der Waals surface area contributed by atoms with Crippen LogP contribution in [0.5, 0.6) is 0 Å². The highest BCUT2D eigenvalue weighted by Crippen LogP contribution is 2.33. The number of rotatable bonds is 5. The molecule has 0 aliphatic carbocycles. The van der Waals surface area contributed by atoms with Crippen LogP contribution in [0.25, 0.3) is 0 Å². The summed E-state index contributed by atoms with van der Waals surface area (Å²) in [6.45, 7) is 3.16. The quantitative estimate of drug-likeness (QED) is 0.619. The van der Waals surface area contributed by atoms with Gasteiger partial charge in [-0.3, -0.25) is 4.79 Å². The number of halogens is 2. The van der Waals surface area contributed by atoms with E-state index in [1.54, 1.807) is 13.8 Å². The van der Waals surface area contributed by atoms with Crippen LogP contribution in [0.1, 0.15) is 20.3 Å². The molecule has 0 saturated heterocycles. The first-order chi connectivity index (χ1) is 8.94. The molecule has 0 aromatic heterocycles. The van der Waals surface area contributed by atoms with Crippen LogP contribution < -0.4 is 16.2 Å². The predicted molar refractivity (Wildman–Crippen MR) is 84.5 cm³/mol. The van der Waals surface area contributed by atoms with Gasteiger partial charge in [0, 0.05) is 26.6 Å². The molecule has 0 aliphatic rings. The number of carbonyl (C=O) groups is 1. The minimum atomic E-state index is -3.85. The van der Waals surface area contributed by atoms with Crippen LogP contribution in [0, 0.1) is 0 Å². The van der Waals surface area contributed by atoms with Crippen molar-refractivity contribution in [3.05, 3.63) is 21.1 Å². The second-order valence-electron chi connectivity index (χ2n) is 4.95. The van der Waals surface area contributed by atoms with Gasteiger partial charge in [-0.05, 0) is 57.8 Å². The van der Waals surface area contributed by atoms with Crippen LogP contribution in [0.15, 0.2) is 26.0 Å². The van der Waals surface area contributed by atoms with E-state index < -0.39 is 21.5 Å². The summed E-state index contributed by atoms with van der Waals surface area (Å²) in [7, 11) is -3.85. The molecule has 0 atom stereocenters. The van der Waals surface area contributed by atoms with Crippen molar-refractivity contribution in [1.82, 2.24) is 4.72 Å². The average Bonchev–Trinajstić information content (AvgIpc) is 2.08. The van der Waals surface area contributed by atoms with Crippen LogP contribution in [0.4, 0.5) is 5.69 Å². The van der Waals surface area contributed by atoms with Gasteiger partial charge in [0.1, 0.15) is 4.90 Å². The maximum atomic E-state index is 12.4. The number of benzene rings is 1. The van der Waals surface area contributed by atoms with Crippen molar-refractivity contribution in [1.29, 1.82) is 0 Å². The van der Waals surface area contributed by atoms with Gasteiger partial charge in [0.25, 0.3) is 0 Å². The molecule has 9 heteroatoms. The van der Waals surface area contributed by atoms with Crippen LogP contribution in [0.3, 0.4) is 0 Å². The third-order valence-electron chi connectivity index (χ3n) is 2.32. The largest absolute Gasteiger partial charge is 0.399 e. The molecular weight excluding hydrogens is 414 g/mol. The Morgan fingerprint density at radius 1 is 1.30 bits per heavy atom. The number of nitrogen functional groups attached to an aromatic ring is 1. The summed E-state index contributed by atoms with van der Waals surface area (Å²) in [6, 6.07) is 2.97. The fourth-order valence-electron chi connectivity index (χ4n) is 1.72. The van der Waals surface area contributed by atoms with Gasteiger partial charge >= 0.3 is 0 Å². The lowest BCUT2D eigenvalue weighted by Gasteiger charge is -2.25. The fraction of sp³-hybridized carbons (Fsp3) is 0.364. The summed E-state index contributed by atoms with van der Waals surface area (Å²) in [5, 5.41) is 0. The standard InChI is InChI=1S/C11H15Br2N3O3S/c1-11(2,5-9(15)17)16-20(18,19)10-7(12)3-6(14)4-8(10)13/h3-4,16H,5,14H2,1-2H3,(H2,15,17). The molecule has 0 fully saturated rings. The lowest BCUT2D eigenvalue weighted by molar-refractivity contribution is -0.119. The number of anilines is 1. The topological polar surface area (TPSA) is 115 Å². The van der Waals surface area contributed by atoms with Crippen molar-refractivity contribution >= 4 is 53.5 Å². The van der Waals surface area contributed by atoms with E-state index in [1.165, 1.54) is 12.1 Å². The SMILES string of the molecule is CC(C)(CC(N)=O)NS(=O)(=O)c1c(Br)cc(N)cc1Br. The Bertz CT molecular complexity index is 621. The first-order valence-corrected chi connectivity index (χ1v) is 8.58. The van der Waals surface area contributed by atoms with Gasteiger partial charge in [0.15, 0.2) is 0 Å². The van der Waals surface area contributed by atoms with E-state index in [0.717, 1.165) is 0 Å². The van der Waals surface area contributed by atoms with E-state index in [0.29, 0.717) is 14.6 Å². The van der Waals surface area contributed by atoms with Crippen LogP contribution >= 0.6 is 31.9 Å². The van der Waals surface area contributed by atoms with E-state index in [-0.39, 0.29) is 11.3 Å². The number of sulfonamides is 1. The molecule has 1 aromatic carbocycles. The molecule has 20 heavy (non-hydrogen) atoms. The molecule has 0 heterocycles. The summed E-state index contributed by atoms with van der Waals surface area (Å²) >= 11 is 6.34. The molecule has 5 N–H and O–H groups in total. The third-order valence-corrected chi connectivity index (χ3v) is 5.89. The zero-order chi connectivity index (χ0) is 15.7. The second-order valence-corrected chi connectivity index (χ2v) is 8.27. The number of carbonyl (C=O) groups excluding carboxylic acids is 1.